The number of aryl methyl sites for hydroxylation is 1. The fourth-order valence-electron chi connectivity index (χ4n) is 1.58. The summed E-state index contributed by atoms with van der Waals surface area (Å²) in [4.78, 5) is 11.4. The van der Waals surface area contributed by atoms with Gasteiger partial charge in [-0.15, -0.1) is 10.2 Å². The number of amides is 1. The minimum atomic E-state index is -0.0915. The SMILES string of the molecule is Cc1cc(-c2nnco2)ccc1NC(=O)CCN. The first-order valence-corrected chi connectivity index (χ1v) is 5.58. The third-order valence-electron chi connectivity index (χ3n) is 2.48. The maximum atomic E-state index is 11.4. The predicted molar refractivity (Wildman–Crippen MR) is 66.8 cm³/mol. The molecule has 1 amide bonds. The molecule has 18 heavy (non-hydrogen) atoms. The largest absolute Gasteiger partial charge is 0.423 e. The lowest BCUT2D eigenvalue weighted by molar-refractivity contribution is -0.116. The van der Waals surface area contributed by atoms with Gasteiger partial charge in [0.2, 0.25) is 18.2 Å². The molecule has 2 aromatic rings. The Bertz CT molecular complexity index is 537. The summed E-state index contributed by atoms with van der Waals surface area (Å²) in [5, 5.41) is 10.2. The molecule has 0 atom stereocenters. The van der Waals surface area contributed by atoms with Crippen LogP contribution in [0, 0.1) is 6.92 Å². The van der Waals surface area contributed by atoms with E-state index in [4.69, 9.17) is 10.2 Å². The molecule has 0 aliphatic rings. The Balaban J connectivity index is 2.18. The molecule has 0 radical (unpaired) electrons. The zero-order valence-electron chi connectivity index (χ0n) is 10.0. The van der Waals surface area contributed by atoms with Crippen molar-refractivity contribution in [3.8, 4) is 11.5 Å². The molecule has 0 spiro atoms. The minimum Gasteiger partial charge on any atom is -0.423 e. The molecule has 0 aliphatic carbocycles. The molecule has 3 N–H and O–H groups in total. The van der Waals surface area contributed by atoms with Gasteiger partial charge >= 0.3 is 0 Å². The summed E-state index contributed by atoms with van der Waals surface area (Å²) in [6, 6.07) is 5.51. The predicted octanol–water partition coefficient (Wildman–Crippen LogP) is 1.33. The van der Waals surface area contributed by atoms with E-state index in [1.807, 2.05) is 25.1 Å². The number of hydrogen-bond donors (Lipinski definition) is 2. The van der Waals surface area contributed by atoms with Gasteiger partial charge in [0, 0.05) is 24.2 Å². The average Bonchev–Trinajstić information content (AvgIpc) is 2.85. The van der Waals surface area contributed by atoms with Gasteiger partial charge in [-0.3, -0.25) is 4.79 Å². The van der Waals surface area contributed by atoms with Crippen LogP contribution in [0.1, 0.15) is 12.0 Å². The molecule has 1 aromatic carbocycles. The van der Waals surface area contributed by atoms with E-state index in [-0.39, 0.29) is 5.91 Å². The fourth-order valence-corrected chi connectivity index (χ4v) is 1.58. The molecule has 2 rings (SSSR count). The van der Waals surface area contributed by atoms with Crippen LogP contribution in [0.3, 0.4) is 0 Å². The zero-order valence-corrected chi connectivity index (χ0v) is 10.0. The van der Waals surface area contributed by atoms with E-state index in [0.717, 1.165) is 16.8 Å². The second-order valence-corrected chi connectivity index (χ2v) is 3.86. The molecule has 0 bridgehead atoms. The molecule has 0 saturated heterocycles. The van der Waals surface area contributed by atoms with Crippen LogP contribution < -0.4 is 11.1 Å². The Labute approximate surface area is 104 Å². The third-order valence-corrected chi connectivity index (χ3v) is 2.48. The van der Waals surface area contributed by atoms with Gasteiger partial charge in [-0.1, -0.05) is 0 Å². The quantitative estimate of drug-likeness (QED) is 0.848. The lowest BCUT2D eigenvalue weighted by atomic mass is 10.1. The maximum Gasteiger partial charge on any atom is 0.247 e. The number of carbonyl (C=O) groups is 1. The molecule has 0 unspecified atom stereocenters. The monoisotopic (exact) mass is 246 g/mol. The van der Waals surface area contributed by atoms with Gasteiger partial charge in [-0.2, -0.15) is 0 Å². The average molecular weight is 246 g/mol. The van der Waals surface area contributed by atoms with Crippen LogP contribution in [0.25, 0.3) is 11.5 Å². The Hall–Kier alpha value is -2.21. The normalized spacial score (nSPS) is 10.3. The first-order valence-electron chi connectivity index (χ1n) is 5.58. The number of carbonyl (C=O) groups excluding carboxylic acids is 1. The second kappa shape index (κ2) is 5.42. The summed E-state index contributed by atoms with van der Waals surface area (Å²) in [7, 11) is 0. The van der Waals surface area contributed by atoms with Gasteiger partial charge in [-0.25, -0.2) is 0 Å². The van der Waals surface area contributed by atoms with Crippen LogP contribution >= 0.6 is 0 Å². The van der Waals surface area contributed by atoms with Gasteiger partial charge in [0.15, 0.2) is 0 Å². The number of anilines is 1. The van der Waals surface area contributed by atoms with Crippen molar-refractivity contribution in [2.24, 2.45) is 5.73 Å². The first kappa shape index (κ1) is 12.3. The minimum absolute atomic E-state index is 0.0915. The third kappa shape index (κ3) is 2.72. The van der Waals surface area contributed by atoms with Crippen molar-refractivity contribution in [2.75, 3.05) is 11.9 Å². The van der Waals surface area contributed by atoms with Gasteiger partial charge in [0.25, 0.3) is 0 Å². The Morgan fingerprint density at radius 3 is 2.94 bits per heavy atom. The van der Waals surface area contributed by atoms with Crippen molar-refractivity contribution in [1.82, 2.24) is 10.2 Å². The highest BCUT2D eigenvalue weighted by Crippen LogP contribution is 2.23. The van der Waals surface area contributed by atoms with Crippen LogP contribution in [-0.4, -0.2) is 22.6 Å². The van der Waals surface area contributed by atoms with Gasteiger partial charge in [0.05, 0.1) is 0 Å². The van der Waals surface area contributed by atoms with E-state index in [0.29, 0.717) is 18.9 Å². The van der Waals surface area contributed by atoms with Crippen LogP contribution in [-0.2, 0) is 4.79 Å². The van der Waals surface area contributed by atoms with E-state index in [1.54, 1.807) is 0 Å². The molecule has 0 saturated carbocycles. The summed E-state index contributed by atoms with van der Waals surface area (Å²) in [6.45, 7) is 2.24. The van der Waals surface area contributed by atoms with E-state index in [1.165, 1.54) is 6.39 Å². The molecule has 6 heteroatoms. The van der Waals surface area contributed by atoms with Crippen LogP contribution in [0.5, 0.6) is 0 Å². The lowest BCUT2D eigenvalue weighted by Crippen LogP contribution is -2.16. The van der Waals surface area contributed by atoms with Crippen molar-refractivity contribution in [1.29, 1.82) is 0 Å². The lowest BCUT2D eigenvalue weighted by Gasteiger charge is -2.08. The Kier molecular flexibility index (Phi) is 3.69. The molecule has 1 heterocycles. The molecular formula is C12H14N4O2. The van der Waals surface area contributed by atoms with Crippen molar-refractivity contribution in [3.05, 3.63) is 30.2 Å². The van der Waals surface area contributed by atoms with Crippen molar-refractivity contribution < 1.29 is 9.21 Å². The summed E-state index contributed by atoms with van der Waals surface area (Å²) in [6.07, 6.45) is 1.59. The topological polar surface area (TPSA) is 94.0 Å². The number of nitrogens with two attached hydrogens (primary N) is 1. The molecule has 94 valence electrons. The molecule has 1 aromatic heterocycles. The van der Waals surface area contributed by atoms with Gasteiger partial charge in [0.1, 0.15) is 0 Å². The van der Waals surface area contributed by atoms with E-state index < -0.39 is 0 Å². The fraction of sp³-hybridized carbons (Fsp3) is 0.250. The number of hydrogen-bond acceptors (Lipinski definition) is 5. The summed E-state index contributed by atoms with van der Waals surface area (Å²) >= 11 is 0. The number of rotatable bonds is 4. The highest BCUT2D eigenvalue weighted by molar-refractivity contribution is 5.91. The van der Waals surface area contributed by atoms with E-state index >= 15 is 0 Å². The summed E-state index contributed by atoms with van der Waals surface area (Å²) < 4.78 is 5.11. The second-order valence-electron chi connectivity index (χ2n) is 3.86. The van der Waals surface area contributed by atoms with E-state index in [9.17, 15) is 4.79 Å². The number of benzene rings is 1. The highest BCUT2D eigenvalue weighted by atomic mass is 16.4. The Morgan fingerprint density at radius 2 is 2.33 bits per heavy atom. The van der Waals surface area contributed by atoms with Crippen molar-refractivity contribution in [2.45, 2.75) is 13.3 Å². The van der Waals surface area contributed by atoms with Crippen LogP contribution in [0.15, 0.2) is 29.0 Å². The van der Waals surface area contributed by atoms with E-state index in [2.05, 4.69) is 15.5 Å². The molecule has 6 nitrogen and oxygen atoms in total. The van der Waals surface area contributed by atoms with Crippen LogP contribution in [0.2, 0.25) is 0 Å². The Morgan fingerprint density at radius 1 is 1.50 bits per heavy atom. The summed E-state index contributed by atoms with van der Waals surface area (Å²) in [5.41, 5.74) is 7.83. The number of nitrogens with one attached hydrogen (secondary N) is 1. The number of aromatic nitrogens is 2. The molecular weight excluding hydrogens is 232 g/mol. The van der Waals surface area contributed by atoms with Crippen molar-refractivity contribution >= 4 is 11.6 Å². The van der Waals surface area contributed by atoms with Crippen molar-refractivity contribution in [3.63, 3.8) is 0 Å². The highest BCUT2D eigenvalue weighted by Gasteiger charge is 2.08. The standard InChI is InChI=1S/C12H14N4O2/c1-8-6-9(12-16-14-7-18-12)2-3-10(8)15-11(17)4-5-13/h2-3,6-7H,4-5,13H2,1H3,(H,15,17). The maximum absolute atomic E-state index is 11.4. The molecule has 0 aliphatic heterocycles. The first-order chi connectivity index (χ1) is 8.70. The smallest absolute Gasteiger partial charge is 0.247 e. The number of nitrogens with zero attached hydrogens (tertiary/aromatic N) is 2. The zero-order chi connectivity index (χ0) is 13.0. The summed E-state index contributed by atoms with van der Waals surface area (Å²) in [5.74, 6) is 0.365. The van der Waals surface area contributed by atoms with Crippen LogP contribution in [0.4, 0.5) is 5.69 Å². The van der Waals surface area contributed by atoms with Gasteiger partial charge in [-0.05, 0) is 30.7 Å². The van der Waals surface area contributed by atoms with Gasteiger partial charge < -0.3 is 15.5 Å². The molecule has 0 fully saturated rings.